The number of nitrogens with zero attached hydrogens (tertiary/aromatic N) is 1. The molecule has 0 radical (unpaired) electrons. The minimum Gasteiger partial charge on any atom is -0.304 e. The summed E-state index contributed by atoms with van der Waals surface area (Å²) in [5.41, 5.74) is 1.33. The van der Waals surface area contributed by atoms with Crippen molar-refractivity contribution in [3.05, 3.63) is 40.7 Å². The zero-order chi connectivity index (χ0) is 13.4. The quantitative estimate of drug-likeness (QED) is 0.624. The molecule has 0 N–H and O–H groups in total. The molecule has 3 nitrogen and oxygen atoms in total. The Kier molecular flexibility index (Phi) is 3.22. The smallest absolute Gasteiger partial charge is 0.299 e. The second kappa shape index (κ2) is 4.53. The zero-order valence-corrected chi connectivity index (χ0v) is 10.6. The van der Waals surface area contributed by atoms with Crippen molar-refractivity contribution in [2.75, 3.05) is 11.4 Å². The van der Waals surface area contributed by atoms with Crippen LogP contribution in [0.5, 0.6) is 0 Å². The van der Waals surface area contributed by atoms with E-state index in [0.717, 1.165) is 11.6 Å². The van der Waals surface area contributed by atoms with E-state index in [0.29, 0.717) is 13.0 Å². The highest BCUT2D eigenvalue weighted by Gasteiger charge is 2.36. The number of hydrogen-bond acceptors (Lipinski definition) is 2. The van der Waals surface area contributed by atoms with Gasteiger partial charge in [-0.05, 0) is 25.5 Å². The van der Waals surface area contributed by atoms with Gasteiger partial charge in [-0.25, -0.2) is 4.39 Å². The lowest BCUT2D eigenvalue weighted by molar-refractivity contribution is -0.114. The lowest BCUT2D eigenvalue weighted by atomic mass is 10.1. The van der Waals surface area contributed by atoms with E-state index in [1.807, 2.05) is 6.92 Å². The molecular weight excluding hydrogens is 257 g/mol. The van der Waals surface area contributed by atoms with Gasteiger partial charge < -0.3 is 4.90 Å². The minimum atomic E-state index is -0.645. The van der Waals surface area contributed by atoms with E-state index in [1.54, 1.807) is 0 Å². The largest absolute Gasteiger partial charge is 0.304 e. The van der Waals surface area contributed by atoms with Crippen LogP contribution in [0.15, 0.2) is 24.3 Å². The van der Waals surface area contributed by atoms with Crippen LogP contribution in [0.3, 0.4) is 0 Å². The van der Waals surface area contributed by atoms with Crippen molar-refractivity contribution in [2.24, 2.45) is 0 Å². The summed E-state index contributed by atoms with van der Waals surface area (Å²) < 4.78 is 13.4. The molecule has 0 aromatic heterocycles. The molecule has 18 heavy (non-hydrogen) atoms. The molecule has 5 heteroatoms. The fourth-order valence-corrected chi connectivity index (χ4v) is 1.98. The number of rotatable bonds is 3. The van der Waals surface area contributed by atoms with E-state index < -0.39 is 17.5 Å². The Bertz CT molecular complexity index is 568. The van der Waals surface area contributed by atoms with Crippen molar-refractivity contribution in [2.45, 2.75) is 13.3 Å². The molecule has 0 aliphatic carbocycles. The molecule has 1 aliphatic rings. The summed E-state index contributed by atoms with van der Waals surface area (Å²) in [6.07, 6.45) is 0.558. The van der Waals surface area contributed by atoms with E-state index in [-0.39, 0.29) is 16.3 Å². The van der Waals surface area contributed by atoms with Crippen molar-refractivity contribution in [3.8, 4) is 0 Å². The Labute approximate surface area is 109 Å². The molecule has 1 heterocycles. The lowest BCUT2D eigenvalue weighted by Crippen LogP contribution is -2.30. The number of amides is 1. The number of halogens is 2. The van der Waals surface area contributed by atoms with Crippen molar-refractivity contribution in [3.63, 3.8) is 0 Å². The molecule has 0 atom stereocenters. The van der Waals surface area contributed by atoms with E-state index in [1.165, 1.54) is 11.0 Å². The minimum absolute atomic E-state index is 0.156. The number of Topliss-reactive ketones (excluding diaryl/α,β-unsaturated/α-hetero) is 1. The Morgan fingerprint density at radius 2 is 2.11 bits per heavy atom. The molecule has 1 aromatic rings. The van der Waals surface area contributed by atoms with Crippen LogP contribution < -0.4 is 4.90 Å². The van der Waals surface area contributed by atoms with Gasteiger partial charge in [-0.2, -0.15) is 0 Å². The van der Waals surface area contributed by atoms with Crippen LogP contribution in [0.2, 0.25) is 5.02 Å². The predicted molar refractivity (Wildman–Crippen MR) is 67.5 cm³/mol. The Morgan fingerprint density at radius 3 is 2.72 bits per heavy atom. The second-order valence-corrected chi connectivity index (χ2v) is 4.68. The van der Waals surface area contributed by atoms with Crippen molar-refractivity contribution >= 4 is 29.0 Å². The molecular formula is C13H11ClFNO2. The predicted octanol–water partition coefficient (Wildman–Crippen LogP) is 2.97. The van der Waals surface area contributed by atoms with Gasteiger partial charge in [0.15, 0.2) is 0 Å². The van der Waals surface area contributed by atoms with E-state index in [9.17, 15) is 14.0 Å². The van der Waals surface area contributed by atoms with Gasteiger partial charge in [0.25, 0.3) is 11.7 Å². The Balaban J connectivity index is 2.41. The second-order valence-electron chi connectivity index (χ2n) is 4.28. The third kappa shape index (κ3) is 2.04. The summed E-state index contributed by atoms with van der Waals surface area (Å²) in [6.45, 7) is 5.87. The molecule has 0 bridgehead atoms. The molecule has 0 saturated heterocycles. The number of anilines is 1. The zero-order valence-electron chi connectivity index (χ0n) is 9.80. The first kappa shape index (κ1) is 12.8. The van der Waals surface area contributed by atoms with Gasteiger partial charge in [0, 0.05) is 6.54 Å². The maximum Gasteiger partial charge on any atom is 0.299 e. The van der Waals surface area contributed by atoms with Gasteiger partial charge in [-0.1, -0.05) is 17.2 Å². The number of ketones is 1. The van der Waals surface area contributed by atoms with Crippen LogP contribution in [-0.4, -0.2) is 18.2 Å². The van der Waals surface area contributed by atoms with Gasteiger partial charge in [-0.3, -0.25) is 9.59 Å². The van der Waals surface area contributed by atoms with Gasteiger partial charge in [-0.15, -0.1) is 6.58 Å². The molecule has 0 saturated carbocycles. The summed E-state index contributed by atoms with van der Waals surface area (Å²) in [6, 6.07) is 2.33. The Morgan fingerprint density at radius 1 is 1.44 bits per heavy atom. The Hall–Kier alpha value is -1.68. The molecule has 0 fully saturated rings. The van der Waals surface area contributed by atoms with Crippen LogP contribution in [0.25, 0.3) is 0 Å². The maximum absolute atomic E-state index is 13.4. The number of hydrogen-bond donors (Lipinski definition) is 0. The summed E-state index contributed by atoms with van der Waals surface area (Å²) in [5, 5.41) is -0.156. The fraction of sp³-hybridized carbons (Fsp3) is 0.231. The van der Waals surface area contributed by atoms with Crippen LogP contribution in [0.4, 0.5) is 10.1 Å². The molecule has 1 aromatic carbocycles. The standard InChI is InChI=1S/C13H11ClFNO2/c1-7(2)3-4-16-11-6-10(15)9(14)5-8(11)12(17)13(16)18/h5-6H,1,3-4H2,2H3. The van der Waals surface area contributed by atoms with Gasteiger partial charge >= 0.3 is 0 Å². The number of carbonyl (C=O) groups excluding carboxylic acids is 2. The highest BCUT2D eigenvalue weighted by atomic mass is 35.5. The number of carbonyl (C=O) groups is 2. The lowest BCUT2D eigenvalue weighted by Gasteiger charge is -2.16. The van der Waals surface area contributed by atoms with Crippen molar-refractivity contribution in [1.82, 2.24) is 0 Å². The molecule has 2 rings (SSSR count). The third-order valence-electron chi connectivity index (χ3n) is 2.78. The third-order valence-corrected chi connectivity index (χ3v) is 3.07. The summed E-state index contributed by atoms with van der Waals surface area (Å²) in [5.74, 6) is -1.93. The number of benzene rings is 1. The van der Waals surface area contributed by atoms with Gasteiger partial charge in [0.1, 0.15) is 5.82 Å². The van der Waals surface area contributed by atoms with E-state index >= 15 is 0 Å². The summed E-state index contributed by atoms with van der Waals surface area (Å²) >= 11 is 5.61. The van der Waals surface area contributed by atoms with Gasteiger partial charge in [0.2, 0.25) is 0 Å². The average Bonchev–Trinajstić information content (AvgIpc) is 2.51. The molecule has 94 valence electrons. The maximum atomic E-state index is 13.4. The first-order valence-electron chi connectivity index (χ1n) is 5.41. The van der Waals surface area contributed by atoms with Crippen molar-refractivity contribution < 1.29 is 14.0 Å². The summed E-state index contributed by atoms with van der Waals surface area (Å²) in [7, 11) is 0. The van der Waals surface area contributed by atoms with Gasteiger partial charge in [0.05, 0.1) is 16.3 Å². The molecule has 1 amide bonds. The highest BCUT2D eigenvalue weighted by molar-refractivity contribution is 6.52. The molecule has 1 aliphatic heterocycles. The SMILES string of the molecule is C=C(C)CCN1C(=O)C(=O)c2cc(Cl)c(F)cc21. The van der Waals surface area contributed by atoms with Crippen LogP contribution in [0.1, 0.15) is 23.7 Å². The van der Waals surface area contributed by atoms with Crippen molar-refractivity contribution in [1.29, 1.82) is 0 Å². The van der Waals surface area contributed by atoms with Crippen LogP contribution >= 0.6 is 11.6 Å². The normalized spacial score (nSPS) is 14.1. The molecule has 0 unspecified atom stereocenters. The first-order chi connectivity index (χ1) is 8.41. The fourth-order valence-electron chi connectivity index (χ4n) is 1.81. The van der Waals surface area contributed by atoms with E-state index in [2.05, 4.69) is 6.58 Å². The summed E-state index contributed by atoms with van der Waals surface area (Å²) in [4.78, 5) is 24.8. The van der Waals surface area contributed by atoms with E-state index in [4.69, 9.17) is 11.6 Å². The monoisotopic (exact) mass is 267 g/mol. The first-order valence-corrected chi connectivity index (χ1v) is 5.79. The van der Waals surface area contributed by atoms with Crippen LogP contribution in [0, 0.1) is 5.82 Å². The van der Waals surface area contributed by atoms with Crippen LogP contribution in [-0.2, 0) is 4.79 Å². The molecule has 0 spiro atoms. The number of fused-ring (bicyclic) bond motifs is 1. The average molecular weight is 268 g/mol. The highest BCUT2D eigenvalue weighted by Crippen LogP contribution is 2.33. The topological polar surface area (TPSA) is 37.4 Å².